The van der Waals surface area contributed by atoms with Gasteiger partial charge in [-0.15, -0.1) is 0 Å². The second kappa shape index (κ2) is 5.90. The molecule has 0 atom stereocenters. The fourth-order valence-electron chi connectivity index (χ4n) is 2.30. The van der Waals surface area contributed by atoms with Gasteiger partial charge in [-0.25, -0.2) is 0 Å². The van der Waals surface area contributed by atoms with Gasteiger partial charge >= 0.3 is 0 Å². The molecule has 0 unspecified atom stereocenters. The molecule has 0 saturated carbocycles. The van der Waals surface area contributed by atoms with Crippen LogP contribution >= 0.6 is 0 Å². The zero-order valence-electron chi connectivity index (χ0n) is 10.7. The third kappa shape index (κ3) is 2.97. The van der Waals surface area contributed by atoms with Crippen molar-refractivity contribution in [3.05, 3.63) is 17.7 Å². The van der Waals surface area contributed by atoms with Gasteiger partial charge < -0.3 is 26.2 Å². The van der Waals surface area contributed by atoms with Crippen molar-refractivity contribution in [1.82, 2.24) is 0 Å². The highest BCUT2D eigenvalue weighted by molar-refractivity contribution is 5.95. The molecule has 0 spiro atoms. The van der Waals surface area contributed by atoms with E-state index in [4.69, 9.17) is 15.9 Å². The molecule has 6 nitrogen and oxygen atoms in total. The predicted molar refractivity (Wildman–Crippen MR) is 74.2 cm³/mol. The van der Waals surface area contributed by atoms with E-state index in [9.17, 15) is 4.79 Å². The highest BCUT2D eigenvalue weighted by Gasteiger charge is 2.18. The Bertz CT molecular complexity index is 470. The van der Waals surface area contributed by atoms with Crippen molar-refractivity contribution in [2.24, 2.45) is 0 Å². The van der Waals surface area contributed by atoms with Crippen LogP contribution < -0.4 is 16.0 Å². The number of amides is 1. The summed E-state index contributed by atoms with van der Waals surface area (Å²) in [7, 11) is 0. The number of fused-ring (bicyclic) bond motifs is 1. The lowest BCUT2D eigenvalue weighted by Gasteiger charge is -2.27. The predicted octanol–water partition coefficient (Wildman–Crippen LogP) is -0.0555. The van der Waals surface area contributed by atoms with Crippen LogP contribution in [0, 0.1) is 0 Å². The Balaban J connectivity index is 2.32. The highest BCUT2D eigenvalue weighted by atomic mass is 16.3. The maximum Gasteiger partial charge on any atom is 0.224 e. The van der Waals surface area contributed by atoms with Crippen LogP contribution in [0.15, 0.2) is 12.1 Å². The molecule has 1 amide bonds. The molecule has 6 heteroatoms. The molecule has 104 valence electrons. The number of hydrogen-bond acceptors (Lipinski definition) is 5. The Kier molecular flexibility index (Phi) is 4.24. The minimum absolute atomic E-state index is 0.00206. The number of nitrogens with two attached hydrogens (primary N) is 1. The first kappa shape index (κ1) is 13.6. The Morgan fingerprint density at radius 3 is 2.53 bits per heavy atom. The molecule has 0 saturated heterocycles. The minimum Gasteiger partial charge on any atom is -0.397 e. The fraction of sp³-hybridized carbons (Fsp3) is 0.462. The van der Waals surface area contributed by atoms with Crippen LogP contribution in [-0.4, -0.2) is 42.4 Å². The van der Waals surface area contributed by atoms with Crippen LogP contribution in [0.1, 0.15) is 12.0 Å². The van der Waals surface area contributed by atoms with Gasteiger partial charge in [0.1, 0.15) is 0 Å². The molecular formula is C13H19N3O3. The maximum atomic E-state index is 11.3. The molecule has 0 fully saturated rings. The van der Waals surface area contributed by atoms with Gasteiger partial charge in [0, 0.05) is 25.2 Å². The summed E-state index contributed by atoms with van der Waals surface area (Å²) in [6.07, 6.45) is 1.15. The summed E-state index contributed by atoms with van der Waals surface area (Å²) >= 11 is 0. The zero-order chi connectivity index (χ0) is 13.8. The second-order valence-corrected chi connectivity index (χ2v) is 4.55. The summed E-state index contributed by atoms with van der Waals surface area (Å²) < 4.78 is 0. The number of nitrogens with one attached hydrogen (secondary N) is 1. The van der Waals surface area contributed by atoms with E-state index in [0.717, 1.165) is 16.9 Å². The summed E-state index contributed by atoms with van der Waals surface area (Å²) in [5.41, 5.74) is 9.10. The van der Waals surface area contributed by atoms with Crippen LogP contribution in [0.3, 0.4) is 0 Å². The molecule has 0 radical (unpaired) electrons. The molecule has 1 aliphatic rings. The number of aryl methyl sites for hydroxylation is 1. The van der Waals surface area contributed by atoms with E-state index in [1.54, 1.807) is 6.07 Å². The number of carbonyl (C=O) groups excluding carboxylic acids is 1. The SMILES string of the molecule is Nc1cc2c(cc1N(CCO)CCO)CCC(=O)N2. The number of anilines is 3. The lowest BCUT2D eigenvalue weighted by Crippen LogP contribution is -2.31. The topological polar surface area (TPSA) is 98.8 Å². The number of aliphatic hydroxyl groups is 2. The Labute approximate surface area is 111 Å². The van der Waals surface area contributed by atoms with Gasteiger partial charge in [-0.1, -0.05) is 0 Å². The van der Waals surface area contributed by atoms with Crippen molar-refractivity contribution < 1.29 is 15.0 Å². The average Bonchev–Trinajstić information content (AvgIpc) is 2.37. The standard InChI is InChI=1S/C13H19N3O3/c14-10-8-11-9(1-2-13(19)15-11)7-12(10)16(3-5-17)4-6-18/h7-8,17-18H,1-6,14H2,(H,15,19). The average molecular weight is 265 g/mol. The smallest absolute Gasteiger partial charge is 0.224 e. The highest BCUT2D eigenvalue weighted by Crippen LogP contribution is 2.33. The normalized spacial score (nSPS) is 13.9. The third-order valence-corrected chi connectivity index (χ3v) is 3.23. The van der Waals surface area contributed by atoms with Crippen molar-refractivity contribution in [1.29, 1.82) is 0 Å². The minimum atomic E-state index is -0.00669. The van der Waals surface area contributed by atoms with Crippen molar-refractivity contribution in [2.45, 2.75) is 12.8 Å². The first-order valence-electron chi connectivity index (χ1n) is 6.34. The molecule has 2 rings (SSSR count). The van der Waals surface area contributed by atoms with Crippen LogP contribution in [0.5, 0.6) is 0 Å². The third-order valence-electron chi connectivity index (χ3n) is 3.23. The van der Waals surface area contributed by atoms with Gasteiger partial charge in [-0.3, -0.25) is 4.79 Å². The lowest BCUT2D eigenvalue weighted by molar-refractivity contribution is -0.116. The molecule has 0 aliphatic carbocycles. The molecule has 0 bridgehead atoms. The van der Waals surface area contributed by atoms with E-state index < -0.39 is 0 Å². The van der Waals surface area contributed by atoms with E-state index in [1.165, 1.54) is 0 Å². The summed E-state index contributed by atoms with van der Waals surface area (Å²) in [6.45, 7) is 0.812. The molecule has 1 aliphatic heterocycles. The maximum absolute atomic E-state index is 11.3. The van der Waals surface area contributed by atoms with Crippen LogP contribution in [-0.2, 0) is 11.2 Å². The van der Waals surface area contributed by atoms with Crippen LogP contribution in [0.25, 0.3) is 0 Å². The zero-order valence-corrected chi connectivity index (χ0v) is 10.7. The second-order valence-electron chi connectivity index (χ2n) is 4.55. The van der Waals surface area contributed by atoms with E-state index in [0.29, 0.717) is 31.6 Å². The largest absolute Gasteiger partial charge is 0.397 e. The van der Waals surface area contributed by atoms with E-state index in [1.807, 2.05) is 11.0 Å². The summed E-state index contributed by atoms with van der Waals surface area (Å²) in [4.78, 5) is 13.2. The quantitative estimate of drug-likeness (QED) is 0.559. The lowest BCUT2D eigenvalue weighted by atomic mass is 10.0. The number of rotatable bonds is 5. The monoisotopic (exact) mass is 265 g/mol. The van der Waals surface area contributed by atoms with Gasteiger partial charge in [0.15, 0.2) is 0 Å². The van der Waals surface area contributed by atoms with E-state index in [-0.39, 0.29) is 19.1 Å². The first-order chi connectivity index (χ1) is 9.15. The van der Waals surface area contributed by atoms with Gasteiger partial charge in [0.05, 0.1) is 24.6 Å². The Hall–Kier alpha value is -1.79. The van der Waals surface area contributed by atoms with Crippen LogP contribution in [0.2, 0.25) is 0 Å². The van der Waals surface area contributed by atoms with Gasteiger partial charge in [0.2, 0.25) is 5.91 Å². The molecule has 5 N–H and O–H groups in total. The number of hydrogen-bond donors (Lipinski definition) is 4. The van der Waals surface area contributed by atoms with E-state index in [2.05, 4.69) is 5.32 Å². The van der Waals surface area contributed by atoms with Crippen molar-refractivity contribution in [2.75, 3.05) is 42.3 Å². The fourth-order valence-corrected chi connectivity index (χ4v) is 2.30. The Morgan fingerprint density at radius 2 is 1.89 bits per heavy atom. The molecule has 19 heavy (non-hydrogen) atoms. The number of carbonyl (C=O) groups is 1. The number of aliphatic hydroxyl groups excluding tert-OH is 2. The summed E-state index contributed by atoms with van der Waals surface area (Å²) in [5.74, 6) is 0.00206. The molecule has 0 aromatic heterocycles. The number of nitrogen functional groups attached to an aromatic ring is 1. The van der Waals surface area contributed by atoms with Gasteiger partial charge in [-0.05, 0) is 24.1 Å². The summed E-state index contributed by atoms with van der Waals surface area (Å²) in [6, 6.07) is 3.67. The van der Waals surface area contributed by atoms with Gasteiger partial charge in [-0.2, -0.15) is 0 Å². The summed E-state index contributed by atoms with van der Waals surface area (Å²) in [5, 5.41) is 20.9. The Morgan fingerprint density at radius 1 is 1.21 bits per heavy atom. The molecule has 1 aromatic carbocycles. The van der Waals surface area contributed by atoms with Crippen molar-refractivity contribution in [3.8, 4) is 0 Å². The van der Waals surface area contributed by atoms with Crippen LogP contribution in [0.4, 0.5) is 17.1 Å². The molecule has 1 aromatic rings. The number of nitrogens with zero attached hydrogens (tertiary/aromatic N) is 1. The number of benzene rings is 1. The van der Waals surface area contributed by atoms with Crippen molar-refractivity contribution in [3.63, 3.8) is 0 Å². The van der Waals surface area contributed by atoms with E-state index >= 15 is 0 Å². The first-order valence-corrected chi connectivity index (χ1v) is 6.34. The van der Waals surface area contributed by atoms with Gasteiger partial charge in [0.25, 0.3) is 0 Å². The van der Waals surface area contributed by atoms with Crippen molar-refractivity contribution >= 4 is 23.0 Å². The molecule has 1 heterocycles. The molecular weight excluding hydrogens is 246 g/mol.